The molecule has 0 aromatic carbocycles. The lowest BCUT2D eigenvalue weighted by Gasteiger charge is -2.31. The summed E-state index contributed by atoms with van der Waals surface area (Å²) >= 11 is 5.60. The Bertz CT molecular complexity index is 526. The van der Waals surface area contributed by atoms with Crippen LogP contribution in [-0.4, -0.2) is 43.9 Å². The Morgan fingerprint density at radius 2 is 2.11 bits per heavy atom. The lowest BCUT2D eigenvalue weighted by Crippen LogP contribution is -2.46. The molecule has 2 N–H and O–H groups in total. The van der Waals surface area contributed by atoms with E-state index in [1.165, 1.54) is 18.3 Å². The maximum absolute atomic E-state index is 12.0. The summed E-state index contributed by atoms with van der Waals surface area (Å²) in [4.78, 5) is 3.74. The van der Waals surface area contributed by atoms with Gasteiger partial charge in [0.05, 0.1) is 5.60 Å². The number of hydrogen-bond acceptors (Lipinski definition) is 5. The summed E-state index contributed by atoms with van der Waals surface area (Å²) < 4.78 is 31.5. The minimum absolute atomic E-state index is 0.0209. The maximum atomic E-state index is 12.0. The molecule has 0 amide bonds. The van der Waals surface area contributed by atoms with E-state index in [1.54, 1.807) is 0 Å². The number of hydrogen-bond donors (Lipinski definition) is 2. The Morgan fingerprint density at radius 1 is 1.42 bits per heavy atom. The summed E-state index contributed by atoms with van der Waals surface area (Å²) in [5.41, 5.74) is -1.05. The Hall–Kier alpha value is -0.730. The molecule has 0 unspecified atom stereocenters. The van der Waals surface area contributed by atoms with Crippen molar-refractivity contribution >= 4 is 21.6 Å². The molecule has 1 aliphatic rings. The first-order chi connectivity index (χ1) is 8.91. The Kier molecular flexibility index (Phi) is 4.42. The number of aromatic nitrogens is 1. The third-order valence-electron chi connectivity index (χ3n) is 3.03. The number of aliphatic hydroxyl groups is 1. The van der Waals surface area contributed by atoms with Gasteiger partial charge in [0.1, 0.15) is 10.0 Å². The maximum Gasteiger partial charge on any atom is 0.242 e. The fourth-order valence-electron chi connectivity index (χ4n) is 1.76. The molecule has 0 saturated carbocycles. The van der Waals surface area contributed by atoms with Crippen molar-refractivity contribution in [3.8, 4) is 0 Å². The molecular weight excluding hydrogens is 292 g/mol. The molecule has 8 heteroatoms. The third-order valence-corrected chi connectivity index (χ3v) is 4.64. The first-order valence-corrected chi connectivity index (χ1v) is 7.69. The summed E-state index contributed by atoms with van der Waals surface area (Å²) in [6, 6.07) is 2.77. The fourth-order valence-corrected chi connectivity index (χ4v) is 2.94. The number of halogens is 1. The molecule has 1 saturated heterocycles. The highest BCUT2D eigenvalue weighted by atomic mass is 35.5. The summed E-state index contributed by atoms with van der Waals surface area (Å²) in [6.07, 6.45) is 2.00. The average Bonchev–Trinajstić information content (AvgIpc) is 2.38. The van der Waals surface area contributed by atoms with Gasteiger partial charge in [0, 0.05) is 38.8 Å². The molecule has 2 heterocycles. The topological polar surface area (TPSA) is 88.5 Å². The van der Waals surface area contributed by atoms with Crippen LogP contribution in [0.2, 0.25) is 5.15 Å². The molecular formula is C11H15ClN2O4S. The summed E-state index contributed by atoms with van der Waals surface area (Å²) in [6.45, 7) is 0.822. The van der Waals surface area contributed by atoms with Crippen LogP contribution in [-0.2, 0) is 14.8 Å². The first-order valence-electron chi connectivity index (χ1n) is 5.83. The van der Waals surface area contributed by atoms with Gasteiger partial charge in [-0.2, -0.15) is 0 Å². The van der Waals surface area contributed by atoms with Crippen molar-refractivity contribution in [1.29, 1.82) is 0 Å². The van der Waals surface area contributed by atoms with Crippen molar-refractivity contribution < 1.29 is 18.3 Å². The van der Waals surface area contributed by atoms with Gasteiger partial charge >= 0.3 is 0 Å². The summed E-state index contributed by atoms with van der Waals surface area (Å²) in [5, 5.41) is 10.4. The molecule has 0 aliphatic carbocycles. The smallest absolute Gasteiger partial charge is 0.242 e. The number of pyridine rings is 1. The standard InChI is InChI=1S/C11H15ClN2O4S/c12-10-2-1-9(7-13-10)19(16,17)14-8-11(15)3-5-18-6-4-11/h1-2,7,14-15H,3-6,8H2. The largest absolute Gasteiger partial charge is 0.388 e. The second-order valence-electron chi connectivity index (χ2n) is 4.48. The molecule has 0 atom stereocenters. The lowest BCUT2D eigenvalue weighted by atomic mass is 9.95. The van der Waals surface area contributed by atoms with Crippen LogP contribution >= 0.6 is 11.6 Å². The van der Waals surface area contributed by atoms with E-state index in [0.29, 0.717) is 26.1 Å². The molecule has 1 aromatic rings. The molecule has 6 nitrogen and oxygen atoms in total. The molecule has 2 rings (SSSR count). The van der Waals surface area contributed by atoms with Gasteiger partial charge in [0.25, 0.3) is 0 Å². The zero-order valence-corrected chi connectivity index (χ0v) is 11.7. The van der Waals surface area contributed by atoms with Gasteiger partial charge in [-0.1, -0.05) is 11.6 Å². The molecule has 19 heavy (non-hydrogen) atoms. The van der Waals surface area contributed by atoms with Gasteiger partial charge in [-0.25, -0.2) is 18.1 Å². The molecule has 0 bridgehead atoms. The minimum atomic E-state index is -3.69. The second kappa shape index (κ2) is 5.72. The van der Waals surface area contributed by atoms with Crippen molar-refractivity contribution in [3.63, 3.8) is 0 Å². The Labute approximate surface area is 116 Å². The van der Waals surface area contributed by atoms with Crippen molar-refractivity contribution in [1.82, 2.24) is 9.71 Å². The van der Waals surface area contributed by atoms with E-state index in [0.717, 1.165) is 0 Å². The van der Waals surface area contributed by atoms with Crippen molar-refractivity contribution in [2.24, 2.45) is 0 Å². The van der Waals surface area contributed by atoms with Gasteiger partial charge in [0.15, 0.2) is 0 Å². The van der Waals surface area contributed by atoms with Crippen LogP contribution in [0.25, 0.3) is 0 Å². The van der Waals surface area contributed by atoms with E-state index >= 15 is 0 Å². The van der Waals surface area contributed by atoms with E-state index < -0.39 is 15.6 Å². The van der Waals surface area contributed by atoms with Crippen LogP contribution in [0.3, 0.4) is 0 Å². The number of nitrogens with zero attached hydrogens (tertiary/aromatic N) is 1. The van der Waals surface area contributed by atoms with E-state index in [1.807, 2.05) is 0 Å². The highest BCUT2D eigenvalue weighted by Crippen LogP contribution is 2.20. The monoisotopic (exact) mass is 306 g/mol. The van der Waals surface area contributed by atoms with Crippen LogP contribution in [0.15, 0.2) is 23.2 Å². The predicted molar refractivity (Wildman–Crippen MR) is 69.4 cm³/mol. The number of rotatable bonds is 4. The fraction of sp³-hybridized carbons (Fsp3) is 0.545. The van der Waals surface area contributed by atoms with Crippen LogP contribution in [0.1, 0.15) is 12.8 Å². The number of nitrogens with one attached hydrogen (secondary N) is 1. The van der Waals surface area contributed by atoms with Gasteiger partial charge in [-0.3, -0.25) is 0 Å². The molecule has 0 spiro atoms. The summed E-state index contributed by atoms with van der Waals surface area (Å²) in [5.74, 6) is 0. The van der Waals surface area contributed by atoms with Gasteiger partial charge < -0.3 is 9.84 Å². The predicted octanol–water partition coefficient (Wildman–Crippen LogP) is 0.555. The highest BCUT2D eigenvalue weighted by Gasteiger charge is 2.31. The van der Waals surface area contributed by atoms with Gasteiger partial charge in [0.2, 0.25) is 10.0 Å². The van der Waals surface area contributed by atoms with Gasteiger partial charge in [-0.15, -0.1) is 0 Å². The summed E-state index contributed by atoms with van der Waals surface area (Å²) in [7, 11) is -3.69. The SMILES string of the molecule is O=S(=O)(NCC1(O)CCOCC1)c1ccc(Cl)nc1. The van der Waals surface area contributed by atoms with Crippen LogP contribution in [0.5, 0.6) is 0 Å². The first kappa shape index (κ1) is 14.7. The Balaban J connectivity index is 2.03. The van der Waals surface area contributed by atoms with Gasteiger partial charge in [-0.05, 0) is 12.1 Å². The van der Waals surface area contributed by atoms with Crippen LogP contribution in [0.4, 0.5) is 0 Å². The molecule has 1 aromatic heterocycles. The molecule has 106 valence electrons. The highest BCUT2D eigenvalue weighted by molar-refractivity contribution is 7.89. The van der Waals surface area contributed by atoms with Crippen LogP contribution < -0.4 is 4.72 Å². The van der Waals surface area contributed by atoms with Crippen molar-refractivity contribution in [2.45, 2.75) is 23.3 Å². The minimum Gasteiger partial charge on any atom is -0.388 e. The zero-order chi connectivity index (χ0) is 13.9. The molecule has 1 aliphatic heterocycles. The van der Waals surface area contributed by atoms with E-state index in [4.69, 9.17) is 16.3 Å². The second-order valence-corrected chi connectivity index (χ2v) is 6.63. The van der Waals surface area contributed by atoms with Crippen molar-refractivity contribution in [3.05, 3.63) is 23.5 Å². The number of ether oxygens (including phenoxy) is 1. The molecule has 1 fully saturated rings. The lowest BCUT2D eigenvalue weighted by molar-refractivity contribution is -0.0588. The van der Waals surface area contributed by atoms with E-state index in [9.17, 15) is 13.5 Å². The Morgan fingerprint density at radius 3 is 2.68 bits per heavy atom. The molecule has 0 radical (unpaired) electrons. The number of sulfonamides is 1. The third kappa shape index (κ3) is 3.87. The van der Waals surface area contributed by atoms with Crippen molar-refractivity contribution in [2.75, 3.05) is 19.8 Å². The zero-order valence-electron chi connectivity index (χ0n) is 10.2. The quantitative estimate of drug-likeness (QED) is 0.793. The average molecular weight is 307 g/mol. The van der Waals surface area contributed by atoms with E-state index in [2.05, 4.69) is 9.71 Å². The normalized spacial score (nSPS) is 19.3. The van der Waals surface area contributed by atoms with Crippen LogP contribution in [0, 0.1) is 0 Å². The van der Waals surface area contributed by atoms with E-state index in [-0.39, 0.29) is 16.6 Å².